The Kier molecular flexibility index (Phi) is 4.34. The van der Waals surface area contributed by atoms with Crippen LogP contribution in [0.4, 0.5) is 13.2 Å². The summed E-state index contributed by atoms with van der Waals surface area (Å²) in [4.78, 5) is 14.2. The van der Waals surface area contributed by atoms with Crippen molar-refractivity contribution in [2.45, 2.75) is 25.4 Å². The summed E-state index contributed by atoms with van der Waals surface area (Å²) < 4.78 is 39.3. The Hall–Kier alpha value is -2.31. The summed E-state index contributed by atoms with van der Waals surface area (Å²) in [6.07, 6.45) is -1.27. The van der Waals surface area contributed by atoms with Crippen LogP contribution in [0, 0.1) is 0 Å². The molecule has 24 heavy (non-hydrogen) atoms. The Morgan fingerprint density at radius 3 is 2.25 bits per heavy atom. The van der Waals surface area contributed by atoms with Crippen molar-refractivity contribution in [1.82, 2.24) is 14.7 Å². The molecule has 1 fully saturated rings. The highest BCUT2D eigenvalue weighted by atomic mass is 19.4. The summed E-state index contributed by atoms with van der Waals surface area (Å²) >= 11 is 0. The van der Waals surface area contributed by atoms with Crippen LogP contribution in [0.15, 0.2) is 30.3 Å². The summed E-state index contributed by atoms with van der Waals surface area (Å²) in [6.45, 7) is 1.52. The van der Waals surface area contributed by atoms with Crippen LogP contribution in [0.3, 0.4) is 0 Å². The molecule has 0 N–H and O–H groups in total. The van der Waals surface area contributed by atoms with E-state index in [0.717, 1.165) is 43.1 Å². The molecule has 1 aliphatic rings. The first-order valence-corrected chi connectivity index (χ1v) is 7.87. The van der Waals surface area contributed by atoms with Gasteiger partial charge in [-0.25, -0.2) is 0 Å². The predicted molar refractivity (Wildman–Crippen MR) is 83.4 cm³/mol. The quantitative estimate of drug-likeness (QED) is 0.837. The minimum absolute atomic E-state index is 0.0294. The first kappa shape index (κ1) is 16.5. The molecule has 1 aliphatic heterocycles. The lowest BCUT2D eigenvalue weighted by Crippen LogP contribution is -2.35. The standard InChI is InChI=1S/C17H18F3N3O/c1-22-15(17(18,19)20)11-14(21-22)12-5-7-13(8-6-12)16(24)23-9-3-2-4-10-23/h5-8,11H,2-4,9-10H2,1H3. The molecule has 1 amide bonds. The van der Waals surface area contributed by atoms with E-state index in [1.54, 1.807) is 24.3 Å². The average Bonchev–Trinajstić information content (AvgIpc) is 2.97. The molecular weight excluding hydrogens is 319 g/mol. The Bertz CT molecular complexity index is 729. The van der Waals surface area contributed by atoms with Gasteiger partial charge in [-0.2, -0.15) is 18.3 Å². The third-order valence-electron chi connectivity index (χ3n) is 4.24. The second kappa shape index (κ2) is 6.30. The number of aromatic nitrogens is 2. The molecule has 1 aromatic heterocycles. The molecule has 0 spiro atoms. The van der Waals surface area contributed by atoms with Gasteiger partial charge < -0.3 is 4.90 Å². The van der Waals surface area contributed by atoms with Gasteiger partial charge in [-0.15, -0.1) is 0 Å². The molecule has 4 nitrogen and oxygen atoms in total. The van der Waals surface area contributed by atoms with Gasteiger partial charge in [0.25, 0.3) is 5.91 Å². The molecule has 0 radical (unpaired) electrons. The van der Waals surface area contributed by atoms with E-state index in [2.05, 4.69) is 5.10 Å². The van der Waals surface area contributed by atoms with E-state index < -0.39 is 11.9 Å². The Balaban J connectivity index is 1.81. The number of benzene rings is 1. The van der Waals surface area contributed by atoms with Gasteiger partial charge in [0, 0.05) is 31.3 Å². The molecule has 0 saturated carbocycles. The summed E-state index contributed by atoms with van der Waals surface area (Å²) in [7, 11) is 1.26. The van der Waals surface area contributed by atoms with Gasteiger partial charge in [0.1, 0.15) is 5.69 Å². The van der Waals surface area contributed by atoms with Gasteiger partial charge >= 0.3 is 6.18 Å². The van der Waals surface area contributed by atoms with Crippen LogP contribution in [-0.2, 0) is 13.2 Å². The normalized spacial score (nSPS) is 15.6. The van der Waals surface area contributed by atoms with Crippen LogP contribution in [-0.4, -0.2) is 33.7 Å². The Morgan fingerprint density at radius 1 is 1.08 bits per heavy atom. The number of hydrogen-bond donors (Lipinski definition) is 0. The van der Waals surface area contributed by atoms with Crippen molar-refractivity contribution >= 4 is 5.91 Å². The van der Waals surface area contributed by atoms with Crippen molar-refractivity contribution in [1.29, 1.82) is 0 Å². The first-order valence-electron chi connectivity index (χ1n) is 7.87. The zero-order valence-electron chi connectivity index (χ0n) is 13.3. The predicted octanol–water partition coefficient (Wildman–Crippen LogP) is 3.73. The van der Waals surface area contributed by atoms with E-state index in [-0.39, 0.29) is 11.6 Å². The topological polar surface area (TPSA) is 38.1 Å². The molecule has 3 rings (SSSR count). The van der Waals surface area contributed by atoms with Crippen molar-refractivity contribution in [3.05, 3.63) is 41.6 Å². The number of amides is 1. The Labute approximate surface area is 137 Å². The lowest BCUT2D eigenvalue weighted by Gasteiger charge is -2.26. The zero-order chi connectivity index (χ0) is 17.3. The molecule has 2 heterocycles. The maximum atomic E-state index is 12.8. The van der Waals surface area contributed by atoms with E-state index in [4.69, 9.17) is 0 Å². The second-order valence-corrected chi connectivity index (χ2v) is 5.97. The fourth-order valence-corrected chi connectivity index (χ4v) is 2.94. The molecule has 128 valence electrons. The fraction of sp³-hybridized carbons (Fsp3) is 0.412. The van der Waals surface area contributed by atoms with Crippen molar-refractivity contribution in [3.8, 4) is 11.3 Å². The zero-order valence-corrected chi connectivity index (χ0v) is 13.3. The van der Waals surface area contributed by atoms with Crippen LogP contribution >= 0.6 is 0 Å². The SMILES string of the molecule is Cn1nc(-c2ccc(C(=O)N3CCCCC3)cc2)cc1C(F)(F)F. The van der Waals surface area contributed by atoms with E-state index in [1.165, 1.54) is 7.05 Å². The summed E-state index contributed by atoms with van der Waals surface area (Å²) in [5.41, 5.74) is 0.539. The van der Waals surface area contributed by atoms with Gasteiger partial charge in [0.15, 0.2) is 0 Å². The number of carbonyl (C=O) groups is 1. The van der Waals surface area contributed by atoms with Crippen LogP contribution in [0.25, 0.3) is 11.3 Å². The monoisotopic (exact) mass is 337 g/mol. The first-order chi connectivity index (χ1) is 11.4. The lowest BCUT2D eigenvalue weighted by molar-refractivity contribution is -0.143. The molecule has 0 unspecified atom stereocenters. The van der Waals surface area contributed by atoms with Gasteiger partial charge in [-0.05, 0) is 37.5 Å². The number of hydrogen-bond acceptors (Lipinski definition) is 2. The maximum absolute atomic E-state index is 12.8. The molecule has 0 bridgehead atoms. The highest BCUT2D eigenvalue weighted by molar-refractivity contribution is 5.94. The maximum Gasteiger partial charge on any atom is 0.433 e. The van der Waals surface area contributed by atoms with Crippen LogP contribution in [0.1, 0.15) is 35.3 Å². The van der Waals surface area contributed by atoms with Crippen molar-refractivity contribution in [3.63, 3.8) is 0 Å². The number of piperidine rings is 1. The molecule has 1 aromatic carbocycles. The van der Waals surface area contributed by atoms with E-state index >= 15 is 0 Å². The number of aryl methyl sites for hydroxylation is 1. The van der Waals surface area contributed by atoms with Crippen molar-refractivity contribution in [2.24, 2.45) is 7.05 Å². The van der Waals surface area contributed by atoms with Crippen LogP contribution < -0.4 is 0 Å². The van der Waals surface area contributed by atoms with Gasteiger partial charge in [-0.3, -0.25) is 9.48 Å². The largest absolute Gasteiger partial charge is 0.433 e. The average molecular weight is 337 g/mol. The summed E-state index contributed by atoms with van der Waals surface area (Å²) in [6, 6.07) is 7.59. The smallest absolute Gasteiger partial charge is 0.339 e. The van der Waals surface area contributed by atoms with E-state index in [0.29, 0.717) is 11.1 Å². The third kappa shape index (κ3) is 3.29. The molecule has 2 aromatic rings. The number of halogens is 3. The van der Waals surface area contributed by atoms with Crippen molar-refractivity contribution < 1.29 is 18.0 Å². The minimum atomic E-state index is -4.44. The third-order valence-corrected chi connectivity index (χ3v) is 4.24. The van der Waals surface area contributed by atoms with Crippen LogP contribution in [0.5, 0.6) is 0 Å². The number of likely N-dealkylation sites (tertiary alicyclic amines) is 1. The second-order valence-electron chi connectivity index (χ2n) is 5.97. The fourth-order valence-electron chi connectivity index (χ4n) is 2.94. The highest BCUT2D eigenvalue weighted by Crippen LogP contribution is 2.31. The summed E-state index contributed by atoms with van der Waals surface area (Å²) in [5, 5.41) is 3.91. The molecule has 1 saturated heterocycles. The summed E-state index contributed by atoms with van der Waals surface area (Å²) in [5.74, 6) is -0.0294. The van der Waals surface area contributed by atoms with Crippen molar-refractivity contribution in [2.75, 3.05) is 13.1 Å². The van der Waals surface area contributed by atoms with Gasteiger partial charge in [0.2, 0.25) is 0 Å². The van der Waals surface area contributed by atoms with Gasteiger partial charge in [-0.1, -0.05) is 12.1 Å². The number of nitrogens with zero attached hydrogens (tertiary/aromatic N) is 3. The highest BCUT2D eigenvalue weighted by Gasteiger charge is 2.35. The lowest BCUT2D eigenvalue weighted by atomic mass is 10.1. The molecule has 7 heteroatoms. The number of carbonyl (C=O) groups excluding carboxylic acids is 1. The Morgan fingerprint density at radius 2 is 1.71 bits per heavy atom. The van der Waals surface area contributed by atoms with Crippen LogP contribution in [0.2, 0.25) is 0 Å². The number of rotatable bonds is 2. The molecule has 0 atom stereocenters. The van der Waals surface area contributed by atoms with Gasteiger partial charge in [0.05, 0.1) is 5.69 Å². The van der Waals surface area contributed by atoms with E-state index in [9.17, 15) is 18.0 Å². The number of alkyl halides is 3. The minimum Gasteiger partial charge on any atom is -0.339 e. The van der Waals surface area contributed by atoms with E-state index in [1.807, 2.05) is 4.90 Å². The molecular formula is C17H18F3N3O. The molecule has 0 aliphatic carbocycles.